The van der Waals surface area contributed by atoms with E-state index in [4.69, 9.17) is 0 Å². The maximum absolute atomic E-state index is 3.88. The minimum Gasteiger partial charge on any atom is -0.310 e. The van der Waals surface area contributed by atoms with Gasteiger partial charge in [0.2, 0.25) is 0 Å². The molecule has 1 nitrogen and oxygen atoms in total. The average molecular weight is 287 g/mol. The number of nitrogens with one attached hydrogen (secondary N) is 1. The molecule has 0 saturated carbocycles. The van der Waals surface area contributed by atoms with Gasteiger partial charge in [0.15, 0.2) is 0 Å². The van der Waals surface area contributed by atoms with Gasteiger partial charge in [0, 0.05) is 6.04 Å². The second kappa shape index (κ2) is 7.45. The van der Waals surface area contributed by atoms with E-state index in [-0.39, 0.29) is 0 Å². The van der Waals surface area contributed by atoms with Crippen LogP contribution in [0.1, 0.15) is 83.4 Å². The van der Waals surface area contributed by atoms with Crippen LogP contribution in [0.3, 0.4) is 0 Å². The quantitative estimate of drug-likeness (QED) is 0.687. The molecule has 0 spiro atoms. The van der Waals surface area contributed by atoms with E-state index >= 15 is 0 Å². The Kier molecular flexibility index (Phi) is 5.87. The zero-order valence-electron chi connectivity index (χ0n) is 14.4. The Labute approximate surface area is 131 Å². The van der Waals surface area contributed by atoms with Gasteiger partial charge in [-0.2, -0.15) is 0 Å². The lowest BCUT2D eigenvalue weighted by Crippen LogP contribution is -2.34. The fourth-order valence-corrected chi connectivity index (χ4v) is 3.68. The molecule has 0 heterocycles. The predicted molar refractivity (Wildman–Crippen MR) is 92.8 cm³/mol. The zero-order valence-corrected chi connectivity index (χ0v) is 14.4. The van der Waals surface area contributed by atoms with Crippen molar-refractivity contribution in [2.75, 3.05) is 6.54 Å². The molecule has 1 heteroatoms. The lowest BCUT2D eigenvalue weighted by atomic mass is 9.71. The van der Waals surface area contributed by atoms with Crippen LogP contribution in [0.4, 0.5) is 0 Å². The van der Waals surface area contributed by atoms with Crippen LogP contribution in [0.5, 0.6) is 0 Å². The fraction of sp³-hybridized carbons (Fsp3) is 0.700. The molecule has 2 atom stereocenters. The largest absolute Gasteiger partial charge is 0.310 e. The number of fused-ring (bicyclic) bond motifs is 1. The second-order valence-electron chi connectivity index (χ2n) is 7.39. The fourth-order valence-electron chi connectivity index (χ4n) is 3.68. The molecule has 2 rings (SSSR count). The standard InChI is InChI=1S/C20H33N/c1-5-7-10-16(6-2)15-21-19-13-14-20(3,4)18-12-9-8-11-17(18)19/h8-9,11-12,16,19,21H,5-7,10,13-15H2,1-4H3. The molecule has 0 saturated heterocycles. The first kappa shape index (κ1) is 16.5. The lowest BCUT2D eigenvalue weighted by molar-refractivity contribution is 0.329. The molecule has 21 heavy (non-hydrogen) atoms. The van der Waals surface area contributed by atoms with Crippen molar-refractivity contribution in [2.24, 2.45) is 5.92 Å². The lowest BCUT2D eigenvalue weighted by Gasteiger charge is -2.38. The monoisotopic (exact) mass is 287 g/mol. The van der Waals surface area contributed by atoms with E-state index in [2.05, 4.69) is 57.3 Å². The Balaban J connectivity index is 2.01. The highest BCUT2D eigenvalue weighted by Crippen LogP contribution is 2.41. The van der Waals surface area contributed by atoms with Crippen LogP contribution in [0.15, 0.2) is 24.3 Å². The van der Waals surface area contributed by atoms with E-state index in [9.17, 15) is 0 Å². The van der Waals surface area contributed by atoms with Crippen LogP contribution >= 0.6 is 0 Å². The normalized spacial score (nSPS) is 21.8. The van der Waals surface area contributed by atoms with Gasteiger partial charge in [-0.25, -0.2) is 0 Å². The van der Waals surface area contributed by atoms with Crippen LogP contribution < -0.4 is 5.32 Å². The minimum atomic E-state index is 0.334. The number of benzene rings is 1. The molecular formula is C20H33N. The van der Waals surface area contributed by atoms with Gasteiger partial charge in [-0.05, 0) is 48.3 Å². The van der Waals surface area contributed by atoms with E-state index in [0.29, 0.717) is 11.5 Å². The Morgan fingerprint density at radius 1 is 1.24 bits per heavy atom. The summed E-state index contributed by atoms with van der Waals surface area (Å²) in [5.41, 5.74) is 3.43. The van der Waals surface area contributed by atoms with Crippen molar-refractivity contribution in [3.63, 3.8) is 0 Å². The van der Waals surface area contributed by atoms with Crippen molar-refractivity contribution in [1.82, 2.24) is 5.32 Å². The third-order valence-electron chi connectivity index (χ3n) is 5.32. The van der Waals surface area contributed by atoms with Gasteiger partial charge in [-0.3, -0.25) is 0 Å². The number of unbranched alkanes of at least 4 members (excludes halogenated alkanes) is 1. The molecule has 0 aromatic heterocycles. The predicted octanol–water partition coefficient (Wildman–Crippen LogP) is 5.61. The number of hydrogen-bond donors (Lipinski definition) is 1. The Bertz CT molecular complexity index is 435. The maximum Gasteiger partial charge on any atom is 0.0323 e. The Morgan fingerprint density at radius 3 is 2.71 bits per heavy atom. The van der Waals surface area contributed by atoms with Crippen molar-refractivity contribution >= 4 is 0 Å². The van der Waals surface area contributed by atoms with Crippen molar-refractivity contribution in [3.05, 3.63) is 35.4 Å². The van der Waals surface area contributed by atoms with Gasteiger partial charge in [0.25, 0.3) is 0 Å². The van der Waals surface area contributed by atoms with Crippen LogP contribution in [-0.4, -0.2) is 6.54 Å². The molecule has 1 aromatic carbocycles. The molecular weight excluding hydrogens is 254 g/mol. The summed E-state index contributed by atoms with van der Waals surface area (Å²) in [4.78, 5) is 0. The molecule has 1 N–H and O–H groups in total. The summed E-state index contributed by atoms with van der Waals surface area (Å²) in [6.45, 7) is 10.6. The van der Waals surface area contributed by atoms with Crippen molar-refractivity contribution in [2.45, 2.75) is 77.7 Å². The summed E-state index contributed by atoms with van der Waals surface area (Å²) in [5.74, 6) is 0.840. The molecule has 1 aliphatic rings. The smallest absolute Gasteiger partial charge is 0.0323 e. The molecule has 0 aliphatic heterocycles. The highest BCUT2D eigenvalue weighted by Gasteiger charge is 2.32. The summed E-state index contributed by atoms with van der Waals surface area (Å²) in [7, 11) is 0. The van der Waals surface area contributed by atoms with E-state index in [1.807, 2.05) is 0 Å². The molecule has 0 amide bonds. The number of hydrogen-bond acceptors (Lipinski definition) is 1. The molecule has 0 bridgehead atoms. The van der Waals surface area contributed by atoms with Crippen LogP contribution in [0.25, 0.3) is 0 Å². The minimum absolute atomic E-state index is 0.334. The maximum atomic E-state index is 3.88. The van der Waals surface area contributed by atoms with Crippen molar-refractivity contribution < 1.29 is 0 Å². The molecule has 2 unspecified atom stereocenters. The number of rotatable bonds is 7. The molecule has 118 valence electrons. The SMILES string of the molecule is CCCCC(CC)CNC1CCC(C)(C)c2ccccc21. The van der Waals surface area contributed by atoms with Crippen LogP contribution in [0, 0.1) is 5.92 Å². The molecule has 0 radical (unpaired) electrons. The summed E-state index contributed by atoms with van der Waals surface area (Å²) in [6, 6.07) is 9.62. The van der Waals surface area contributed by atoms with E-state index < -0.39 is 0 Å². The van der Waals surface area contributed by atoms with Crippen LogP contribution in [0.2, 0.25) is 0 Å². The van der Waals surface area contributed by atoms with Gasteiger partial charge >= 0.3 is 0 Å². The van der Waals surface area contributed by atoms with Crippen molar-refractivity contribution in [1.29, 1.82) is 0 Å². The summed E-state index contributed by atoms with van der Waals surface area (Å²) < 4.78 is 0. The molecule has 1 aromatic rings. The highest BCUT2D eigenvalue weighted by atomic mass is 14.9. The van der Waals surface area contributed by atoms with Gasteiger partial charge in [0.1, 0.15) is 0 Å². The topological polar surface area (TPSA) is 12.0 Å². The summed E-state index contributed by atoms with van der Waals surface area (Å²) >= 11 is 0. The third kappa shape index (κ3) is 4.10. The molecule has 0 fully saturated rings. The third-order valence-corrected chi connectivity index (χ3v) is 5.32. The highest BCUT2D eigenvalue weighted by molar-refractivity contribution is 5.38. The van der Waals surface area contributed by atoms with Gasteiger partial charge in [-0.15, -0.1) is 0 Å². The zero-order chi connectivity index (χ0) is 15.3. The Hall–Kier alpha value is -0.820. The van der Waals surface area contributed by atoms with Gasteiger partial charge in [-0.1, -0.05) is 71.2 Å². The first-order valence-electron chi connectivity index (χ1n) is 8.91. The van der Waals surface area contributed by atoms with Gasteiger partial charge < -0.3 is 5.32 Å². The molecule has 1 aliphatic carbocycles. The summed E-state index contributed by atoms with van der Waals surface area (Å²) in [5, 5.41) is 3.88. The van der Waals surface area contributed by atoms with Crippen LogP contribution in [-0.2, 0) is 5.41 Å². The van der Waals surface area contributed by atoms with Gasteiger partial charge in [0.05, 0.1) is 0 Å². The van der Waals surface area contributed by atoms with E-state index in [1.165, 1.54) is 45.1 Å². The van der Waals surface area contributed by atoms with Crippen molar-refractivity contribution in [3.8, 4) is 0 Å². The second-order valence-corrected chi connectivity index (χ2v) is 7.39. The summed E-state index contributed by atoms with van der Waals surface area (Å²) in [6.07, 6.45) is 7.92. The van der Waals surface area contributed by atoms with E-state index in [1.54, 1.807) is 11.1 Å². The average Bonchev–Trinajstić information content (AvgIpc) is 2.49. The van der Waals surface area contributed by atoms with E-state index in [0.717, 1.165) is 5.92 Å². The first-order chi connectivity index (χ1) is 10.1. The Morgan fingerprint density at radius 2 is 2.00 bits per heavy atom. The first-order valence-corrected chi connectivity index (χ1v) is 8.91.